The number of hydrogen-bond acceptors (Lipinski definition) is 3. The monoisotopic (exact) mass is 318 g/mol. The molecule has 2 aromatic carbocycles. The first-order valence-corrected chi connectivity index (χ1v) is 7.44. The molecule has 2 aromatic heterocycles. The number of H-pyrrole nitrogens is 1. The molecule has 4 aromatic rings. The number of aromatic nitrogens is 4. The number of hydrogen-bond donors (Lipinski definition) is 2. The molecule has 0 amide bonds. The lowest BCUT2D eigenvalue weighted by Gasteiger charge is -2.07. The molecule has 2 N–H and O–H groups in total. The summed E-state index contributed by atoms with van der Waals surface area (Å²) in [5.41, 5.74) is 4.60. The van der Waals surface area contributed by atoms with Crippen LogP contribution in [0.15, 0.2) is 54.7 Å². The minimum atomic E-state index is -0.955. The molecule has 6 heteroatoms. The van der Waals surface area contributed by atoms with Gasteiger partial charge in [0.2, 0.25) is 0 Å². The summed E-state index contributed by atoms with van der Waals surface area (Å²) in [6.45, 7) is 0. The van der Waals surface area contributed by atoms with Gasteiger partial charge in [-0.2, -0.15) is 5.10 Å². The van der Waals surface area contributed by atoms with Crippen molar-refractivity contribution in [2.24, 2.45) is 7.05 Å². The van der Waals surface area contributed by atoms with Crippen LogP contribution in [0.1, 0.15) is 10.4 Å². The summed E-state index contributed by atoms with van der Waals surface area (Å²) in [5.74, 6) is -0.257. The van der Waals surface area contributed by atoms with E-state index in [0.717, 1.165) is 22.3 Å². The Balaban J connectivity index is 1.89. The van der Waals surface area contributed by atoms with E-state index in [1.807, 2.05) is 42.1 Å². The Morgan fingerprint density at radius 1 is 1.12 bits per heavy atom. The lowest BCUT2D eigenvalue weighted by Crippen LogP contribution is -1.95. The minimum Gasteiger partial charge on any atom is -0.478 e. The molecule has 6 nitrogen and oxygen atoms in total. The fraction of sp³-hybridized carbons (Fsp3) is 0.0556. The van der Waals surface area contributed by atoms with Gasteiger partial charge in [-0.1, -0.05) is 24.3 Å². The average Bonchev–Trinajstić information content (AvgIpc) is 3.19. The van der Waals surface area contributed by atoms with Gasteiger partial charge in [0.15, 0.2) is 0 Å². The highest BCUT2D eigenvalue weighted by molar-refractivity contribution is 5.93. The van der Waals surface area contributed by atoms with Crippen LogP contribution in [0.2, 0.25) is 0 Å². The number of carbonyl (C=O) groups is 1. The smallest absolute Gasteiger partial charge is 0.335 e. The normalized spacial score (nSPS) is 11.0. The molecular weight excluding hydrogens is 304 g/mol. The Morgan fingerprint density at radius 3 is 2.62 bits per heavy atom. The Kier molecular flexibility index (Phi) is 3.16. The van der Waals surface area contributed by atoms with E-state index in [9.17, 15) is 4.79 Å². The number of benzene rings is 2. The van der Waals surface area contributed by atoms with Crippen molar-refractivity contribution in [3.8, 4) is 22.6 Å². The summed E-state index contributed by atoms with van der Waals surface area (Å²) in [7, 11) is 1.89. The number of rotatable bonds is 3. The number of carboxylic acid groups (broad SMARTS) is 1. The molecular formula is C18H14N4O2. The van der Waals surface area contributed by atoms with Crippen LogP contribution in [0.3, 0.4) is 0 Å². The second-order valence-corrected chi connectivity index (χ2v) is 5.51. The van der Waals surface area contributed by atoms with Crippen LogP contribution >= 0.6 is 0 Å². The summed E-state index contributed by atoms with van der Waals surface area (Å²) >= 11 is 0. The molecule has 118 valence electrons. The molecule has 0 aliphatic carbocycles. The number of imidazole rings is 1. The Labute approximate surface area is 137 Å². The third-order valence-corrected chi connectivity index (χ3v) is 4.01. The molecule has 24 heavy (non-hydrogen) atoms. The highest BCUT2D eigenvalue weighted by Gasteiger charge is 2.14. The molecule has 0 aliphatic heterocycles. The van der Waals surface area contributed by atoms with E-state index in [-0.39, 0.29) is 5.56 Å². The summed E-state index contributed by atoms with van der Waals surface area (Å²) in [6, 6.07) is 14.7. The van der Waals surface area contributed by atoms with Crippen molar-refractivity contribution in [2.75, 3.05) is 0 Å². The van der Waals surface area contributed by atoms with E-state index >= 15 is 0 Å². The second-order valence-electron chi connectivity index (χ2n) is 5.51. The minimum absolute atomic E-state index is 0.234. The SMILES string of the molecule is Cn1nccc1-c1ccccc1-c1nc2ccc(C(=O)O)cc2[nH]1. The van der Waals surface area contributed by atoms with Gasteiger partial charge in [-0.05, 0) is 24.3 Å². The fourth-order valence-corrected chi connectivity index (χ4v) is 2.82. The zero-order valence-electron chi connectivity index (χ0n) is 12.9. The molecule has 4 rings (SSSR count). The third-order valence-electron chi connectivity index (χ3n) is 4.01. The van der Waals surface area contributed by atoms with Crippen LogP contribution in [0, 0.1) is 0 Å². The fourth-order valence-electron chi connectivity index (χ4n) is 2.82. The van der Waals surface area contributed by atoms with Crippen molar-refractivity contribution in [1.29, 1.82) is 0 Å². The number of carboxylic acids is 1. The molecule has 0 atom stereocenters. The van der Waals surface area contributed by atoms with Crippen molar-refractivity contribution in [3.63, 3.8) is 0 Å². The predicted molar refractivity (Wildman–Crippen MR) is 90.7 cm³/mol. The van der Waals surface area contributed by atoms with Crippen LogP contribution in [0.25, 0.3) is 33.7 Å². The van der Waals surface area contributed by atoms with Crippen molar-refractivity contribution in [2.45, 2.75) is 0 Å². The highest BCUT2D eigenvalue weighted by atomic mass is 16.4. The van der Waals surface area contributed by atoms with Gasteiger partial charge in [-0.15, -0.1) is 0 Å². The second kappa shape index (κ2) is 5.34. The Morgan fingerprint density at radius 2 is 1.92 bits per heavy atom. The first-order chi connectivity index (χ1) is 11.6. The Hall–Kier alpha value is -3.41. The van der Waals surface area contributed by atoms with Gasteiger partial charge in [0, 0.05) is 24.4 Å². The average molecular weight is 318 g/mol. The molecule has 0 aliphatic rings. The van der Waals surface area contributed by atoms with Crippen molar-refractivity contribution >= 4 is 17.0 Å². The zero-order valence-corrected chi connectivity index (χ0v) is 12.9. The molecule has 0 bridgehead atoms. The largest absolute Gasteiger partial charge is 0.478 e. The zero-order chi connectivity index (χ0) is 16.7. The van der Waals surface area contributed by atoms with Gasteiger partial charge < -0.3 is 10.1 Å². The van der Waals surface area contributed by atoms with Crippen LogP contribution in [-0.2, 0) is 7.05 Å². The van der Waals surface area contributed by atoms with Crippen LogP contribution in [0.5, 0.6) is 0 Å². The maximum atomic E-state index is 11.1. The Bertz CT molecular complexity index is 1060. The van der Waals surface area contributed by atoms with E-state index in [1.165, 1.54) is 0 Å². The molecule has 0 saturated heterocycles. The summed E-state index contributed by atoms with van der Waals surface area (Å²) in [5, 5.41) is 13.3. The van der Waals surface area contributed by atoms with E-state index in [2.05, 4.69) is 15.1 Å². The standard InChI is InChI=1S/C18H14N4O2/c1-22-16(8-9-19-22)12-4-2-3-5-13(12)17-20-14-7-6-11(18(23)24)10-15(14)21-17/h2-10H,1H3,(H,20,21)(H,23,24). The summed E-state index contributed by atoms with van der Waals surface area (Å²) in [4.78, 5) is 19.0. The van der Waals surface area contributed by atoms with Crippen molar-refractivity contribution in [1.82, 2.24) is 19.7 Å². The number of aromatic amines is 1. The van der Waals surface area contributed by atoms with Crippen LogP contribution in [-0.4, -0.2) is 30.8 Å². The topological polar surface area (TPSA) is 83.8 Å². The van der Waals surface area contributed by atoms with E-state index < -0.39 is 5.97 Å². The van der Waals surface area contributed by atoms with Gasteiger partial charge >= 0.3 is 5.97 Å². The van der Waals surface area contributed by atoms with E-state index in [0.29, 0.717) is 11.3 Å². The molecule has 0 unspecified atom stereocenters. The van der Waals surface area contributed by atoms with Crippen molar-refractivity contribution < 1.29 is 9.90 Å². The molecule has 0 spiro atoms. The maximum Gasteiger partial charge on any atom is 0.335 e. The number of nitrogens with one attached hydrogen (secondary N) is 1. The number of aryl methyl sites for hydroxylation is 1. The number of aromatic carboxylic acids is 1. The molecule has 0 fully saturated rings. The first-order valence-electron chi connectivity index (χ1n) is 7.44. The highest BCUT2D eigenvalue weighted by Crippen LogP contribution is 2.31. The van der Waals surface area contributed by atoms with Gasteiger partial charge in [-0.25, -0.2) is 9.78 Å². The van der Waals surface area contributed by atoms with E-state index in [4.69, 9.17) is 5.11 Å². The van der Waals surface area contributed by atoms with Gasteiger partial charge in [-0.3, -0.25) is 4.68 Å². The number of fused-ring (bicyclic) bond motifs is 1. The number of nitrogens with zero attached hydrogens (tertiary/aromatic N) is 3. The van der Waals surface area contributed by atoms with Gasteiger partial charge in [0.05, 0.1) is 22.3 Å². The predicted octanol–water partition coefficient (Wildman–Crippen LogP) is 3.33. The summed E-state index contributed by atoms with van der Waals surface area (Å²) in [6.07, 6.45) is 1.75. The molecule has 2 heterocycles. The lowest BCUT2D eigenvalue weighted by molar-refractivity contribution is 0.0697. The quantitative estimate of drug-likeness (QED) is 0.607. The maximum absolute atomic E-state index is 11.1. The van der Waals surface area contributed by atoms with Gasteiger partial charge in [0.1, 0.15) is 5.82 Å². The molecule has 0 radical (unpaired) electrons. The third kappa shape index (κ3) is 2.25. The van der Waals surface area contributed by atoms with Gasteiger partial charge in [0.25, 0.3) is 0 Å². The first kappa shape index (κ1) is 14.2. The van der Waals surface area contributed by atoms with Crippen molar-refractivity contribution in [3.05, 3.63) is 60.3 Å². The summed E-state index contributed by atoms with van der Waals surface area (Å²) < 4.78 is 1.81. The van der Waals surface area contributed by atoms with E-state index in [1.54, 1.807) is 24.4 Å². The molecule has 0 saturated carbocycles. The lowest BCUT2D eigenvalue weighted by atomic mass is 10.0. The van der Waals surface area contributed by atoms with Crippen LogP contribution in [0.4, 0.5) is 0 Å². The van der Waals surface area contributed by atoms with Crippen LogP contribution < -0.4 is 0 Å².